The highest BCUT2D eigenvalue weighted by Gasteiger charge is 2.12. The van der Waals surface area contributed by atoms with Gasteiger partial charge in [0.2, 0.25) is 0 Å². The predicted molar refractivity (Wildman–Crippen MR) is 87.3 cm³/mol. The molecule has 0 aliphatic heterocycles. The van der Waals surface area contributed by atoms with Crippen molar-refractivity contribution < 1.29 is 19.1 Å². The van der Waals surface area contributed by atoms with Crippen LogP contribution < -0.4 is 20.1 Å². The van der Waals surface area contributed by atoms with E-state index in [4.69, 9.17) is 9.47 Å². The summed E-state index contributed by atoms with van der Waals surface area (Å²) >= 11 is 0. The van der Waals surface area contributed by atoms with Gasteiger partial charge in [0.25, 0.3) is 11.8 Å². The third kappa shape index (κ3) is 3.79. The quantitative estimate of drug-likeness (QED) is 0.888. The molecule has 2 aromatic carbocycles. The van der Waals surface area contributed by atoms with Gasteiger partial charge in [-0.05, 0) is 36.4 Å². The normalized spacial score (nSPS) is 9.87. The Bertz CT molecular complexity index is 728. The standard InChI is InChI=1S/C17H18N2O4/c1-18-16(20)11-5-4-6-13(9-11)19-17(21)12-7-8-14(22-2)15(10-12)23-3/h4-10H,1-3H3,(H,18,20)(H,19,21). The van der Waals surface area contributed by atoms with Crippen LogP contribution in [0.3, 0.4) is 0 Å². The van der Waals surface area contributed by atoms with Crippen LogP contribution in [-0.2, 0) is 0 Å². The molecule has 0 saturated heterocycles. The number of ether oxygens (including phenoxy) is 2. The van der Waals surface area contributed by atoms with Crippen LogP contribution >= 0.6 is 0 Å². The number of rotatable bonds is 5. The van der Waals surface area contributed by atoms with E-state index in [9.17, 15) is 9.59 Å². The van der Waals surface area contributed by atoms with E-state index in [-0.39, 0.29) is 11.8 Å². The molecule has 0 heterocycles. The summed E-state index contributed by atoms with van der Waals surface area (Å²) in [5.41, 5.74) is 1.43. The van der Waals surface area contributed by atoms with E-state index in [1.165, 1.54) is 14.2 Å². The molecule has 2 rings (SSSR count). The summed E-state index contributed by atoms with van der Waals surface area (Å²) in [5.74, 6) is 0.497. The number of carbonyl (C=O) groups is 2. The highest BCUT2D eigenvalue weighted by molar-refractivity contribution is 6.05. The zero-order valence-corrected chi connectivity index (χ0v) is 13.2. The molecule has 6 nitrogen and oxygen atoms in total. The molecule has 0 fully saturated rings. The summed E-state index contributed by atoms with van der Waals surface area (Å²) in [6.45, 7) is 0. The molecule has 0 bridgehead atoms. The molecule has 0 spiro atoms. The van der Waals surface area contributed by atoms with E-state index in [1.807, 2.05) is 0 Å². The topological polar surface area (TPSA) is 76.7 Å². The molecule has 2 aromatic rings. The molecule has 2 amide bonds. The average molecular weight is 314 g/mol. The third-order valence-corrected chi connectivity index (χ3v) is 3.26. The van der Waals surface area contributed by atoms with Crippen molar-refractivity contribution in [3.63, 3.8) is 0 Å². The van der Waals surface area contributed by atoms with Crippen molar-refractivity contribution in [3.8, 4) is 11.5 Å². The molecular weight excluding hydrogens is 296 g/mol. The van der Waals surface area contributed by atoms with Crippen LogP contribution in [0.25, 0.3) is 0 Å². The van der Waals surface area contributed by atoms with Crippen LogP contribution in [-0.4, -0.2) is 33.1 Å². The molecule has 0 atom stereocenters. The minimum absolute atomic E-state index is 0.216. The van der Waals surface area contributed by atoms with E-state index in [0.717, 1.165) is 0 Å². The zero-order chi connectivity index (χ0) is 16.8. The largest absolute Gasteiger partial charge is 0.493 e. The van der Waals surface area contributed by atoms with Crippen molar-refractivity contribution in [1.82, 2.24) is 5.32 Å². The Balaban J connectivity index is 2.20. The molecule has 6 heteroatoms. The van der Waals surface area contributed by atoms with E-state index >= 15 is 0 Å². The fourth-order valence-corrected chi connectivity index (χ4v) is 2.06. The number of carbonyl (C=O) groups excluding carboxylic acids is 2. The van der Waals surface area contributed by atoms with E-state index in [1.54, 1.807) is 49.5 Å². The smallest absolute Gasteiger partial charge is 0.255 e. The van der Waals surface area contributed by atoms with Gasteiger partial charge in [0.1, 0.15) is 0 Å². The number of amides is 2. The van der Waals surface area contributed by atoms with E-state index in [0.29, 0.717) is 28.3 Å². The Kier molecular flexibility index (Phi) is 5.19. The summed E-state index contributed by atoms with van der Waals surface area (Å²) < 4.78 is 10.3. The molecular formula is C17H18N2O4. The second-order valence-electron chi connectivity index (χ2n) is 4.68. The number of anilines is 1. The lowest BCUT2D eigenvalue weighted by Crippen LogP contribution is -2.18. The molecule has 23 heavy (non-hydrogen) atoms. The average Bonchev–Trinajstić information content (AvgIpc) is 2.60. The van der Waals surface area contributed by atoms with Crippen molar-refractivity contribution in [2.45, 2.75) is 0 Å². The highest BCUT2D eigenvalue weighted by atomic mass is 16.5. The van der Waals surface area contributed by atoms with Crippen molar-refractivity contribution in [1.29, 1.82) is 0 Å². The summed E-state index contributed by atoms with van der Waals surface area (Å²) in [6.07, 6.45) is 0. The predicted octanol–water partition coefficient (Wildman–Crippen LogP) is 2.32. The fraction of sp³-hybridized carbons (Fsp3) is 0.176. The molecule has 0 radical (unpaired) electrons. The number of benzene rings is 2. The lowest BCUT2D eigenvalue weighted by molar-refractivity contribution is 0.0961. The van der Waals surface area contributed by atoms with Crippen LogP contribution in [0.1, 0.15) is 20.7 Å². The Morgan fingerprint density at radius 2 is 1.57 bits per heavy atom. The summed E-state index contributed by atoms with van der Waals surface area (Å²) in [6, 6.07) is 11.6. The van der Waals surface area contributed by atoms with Gasteiger partial charge in [-0.3, -0.25) is 9.59 Å². The maximum absolute atomic E-state index is 12.3. The Hall–Kier alpha value is -3.02. The van der Waals surface area contributed by atoms with Crippen molar-refractivity contribution in [2.24, 2.45) is 0 Å². The second-order valence-corrected chi connectivity index (χ2v) is 4.68. The number of nitrogens with one attached hydrogen (secondary N) is 2. The van der Waals surface area contributed by atoms with Gasteiger partial charge in [-0.25, -0.2) is 0 Å². The third-order valence-electron chi connectivity index (χ3n) is 3.26. The molecule has 0 aromatic heterocycles. The molecule has 2 N–H and O–H groups in total. The van der Waals surface area contributed by atoms with Gasteiger partial charge in [-0.1, -0.05) is 6.07 Å². The van der Waals surface area contributed by atoms with Gasteiger partial charge < -0.3 is 20.1 Å². The fourth-order valence-electron chi connectivity index (χ4n) is 2.06. The van der Waals surface area contributed by atoms with Crippen LogP contribution in [0, 0.1) is 0 Å². The first-order chi connectivity index (χ1) is 11.1. The molecule has 0 unspecified atom stereocenters. The lowest BCUT2D eigenvalue weighted by atomic mass is 10.1. The molecule has 120 valence electrons. The summed E-state index contributed by atoms with van der Waals surface area (Å²) in [5, 5.41) is 5.29. The van der Waals surface area contributed by atoms with Gasteiger partial charge in [0.15, 0.2) is 11.5 Å². The van der Waals surface area contributed by atoms with Gasteiger partial charge in [0.05, 0.1) is 14.2 Å². The van der Waals surface area contributed by atoms with Crippen molar-refractivity contribution in [3.05, 3.63) is 53.6 Å². The minimum atomic E-state index is -0.306. The maximum atomic E-state index is 12.3. The number of hydrogen-bond donors (Lipinski definition) is 2. The van der Waals surface area contributed by atoms with Crippen LogP contribution in [0.5, 0.6) is 11.5 Å². The molecule has 0 aliphatic carbocycles. The minimum Gasteiger partial charge on any atom is -0.493 e. The molecule has 0 saturated carbocycles. The molecule has 0 aliphatic rings. The lowest BCUT2D eigenvalue weighted by Gasteiger charge is -2.10. The first-order valence-electron chi connectivity index (χ1n) is 6.94. The van der Waals surface area contributed by atoms with Gasteiger partial charge in [-0.15, -0.1) is 0 Å². The highest BCUT2D eigenvalue weighted by Crippen LogP contribution is 2.27. The number of methoxy groups -OCH3 is 2. The first-order valence-corrected chi connectivity index (χ1v) is 6.94. The van der Waals surface area contributed by atoms with Gasteiger partial charge in [0, 0.05) is 23.9 Å². The van der Waals surface area contributed by atoms with Crippen molar-refractivity contribution in [2.75, 3.05) is 26.6 Å². The summed E-state index contributed by atoms with van der Waals surface area (Å²) in [4.78, 5) is 23.9. The monoisotopic (exact) mass is 314 g/mol. The Morgan fingerprint density at radius 3 is 2.22 bits per heavy atom. The zero-order valence-electron chi connectivity index (χ0n) is 13.2. The Labute approximate surface area is 134 Å². The second kappa shape index (κ2) is 7.31. The maximum Gasteiger partial charge on any atom is 0.255 e. The first kappa shape index (κ1) is 16.4. The van der Waals surface area contributed by atoms with Gasteiger partial charge in [-0.2, -0.15) is 0 Å². The van der Waals surface area contributed by atoms with E-state index < -0.39 is 0 Å². The van der Waals surface area contributed by atoms with E-state index in [2.05, 4.69) is 10.6 Å². The van der Waals surface area contributed by atoms with Crippen LogP contribution in [0.4, 0.5) is 5.69 Å². The van der Waals surface area contributed by atoms with Crippen molar-refractivity contribution >= 4 is 17.5 Å². The van der Waals surface area contributed by atoms with Gasteiger partial charge >= 0.3 is 0 Å². The Morgan fingerprint density at radius 1 is 0.870 bits per heavy atom. The summed E-state index contributed by atoms with van der Waals surface area (Å²) in [7, 11) is 4.59. The number of hydrogen-bond acceptors (Lipinski definition) is 4. The van der Waals surface area contributed by atoms with Crippen LogP contribution in [0.2, 0.25) is 0 Å². The van der Waals surface area contributed by atoms with Crippen LogP contribution in [0.15, 0.2) is 42.5 Å². The SMILES string of the molecule is CNC(=O)c1cccc(NC(=O)c2ccc(OC)c(OC)c2)c1.